The van der Waals surface area contributed by atoms with E-state index in [2.05, 4.69) is 12.2 Å². The van der Waals surface area contributed by atoms with Crippen LogP contribution in [0.2, 0.25) is 0 Å². The Balaban J connectivity index is 2.54. The molecule has 0 radical (unpaired) electrons. The third-order valence-corrected chi connectivity index (χ3v) is 2.53. The van der Waals surface area contributed by atoms with Crippen LogP contribution in [0.5, 0.6) is 0 Å². The zero-order valence-electron chi connectivity index (χ0n) is 9.46. The molecule has 0 aliphatic carbocycles. The van der Waals surface area contributed by atoms with Crippen LogP contribution in [0.4, 0.5) is 11.4 Å². The van der Waals surface area contributed by atoms with E-state index in [1.54, 1.807) is 0 Å². The Kier molecular flexibility index (Phi) is 4.43. The molecule has 0 saturated carbocycles. The molecule has 1 aromatic carbocycles. The molecule has 1 unspecified atom stereocenters. The Labute approximate surface area is 91.3 Å². The van der Waals surface area contributed by atoms with Crippen molar-refractivity contribution in [3.05, 3.63) is 23.8 Å². The summed E-state index contributed by atoms with van der Waals surface area (Å²) in [5, 5.41) is 12.8. The predicted octanol–water partition coefficient (Wildman–Crippen LogP) is 2.15. The van der Waals surface area contributed by atoms with E-state index in [1.807, 2.05) is 25.1 Å². The van der Waals surface area contributed by atoms with Crippen LogP contribution in [-0.4, -0.2) is 17.8 Å². The molecule has 0 aromatic heterocycles. The lowest BCUT2D eigenvalue weighted by atomic mass is 10.1. The molecule has 0 aliphatic heterocycles. The van der Waals surface area contributed by atoms with Crippen molar-refractivity contribution in [2.24, 2.45) is 0 Å². The van der Waals surface area contributed by atoms with Crippen LogP contribution in [0.3, 0.4) is 0 Å². The average Bonchev–Trinajstić information content (AvgIpc) is 2.21. The van der Waals surface area contributed by atoms with Crippen molar-refractivity contribution < 1.29 is 5.11 Å². The minimum atomic E-state index is -0.282. The van der Waals surface area contributed by atoms with E-state index in [-0.39, 0.29) is 6.10 Å². The van der Waals surface area contributed by atoms with Gasteiger partial charge >= 0.3 is 0 Å². The quantitative estimate of drug-likeness (QED) is 0.650. The lowest BCUT2D eigenvalue weighted by Crippen LogP contribution is -2.19. The van der Waals surface area contributed by atoms with Gasteiger partial charge in [-0.3, -0.25) is 0 Å². The molecule has 0 heterocycles. The maximum atomic E-state index is 9.58. The molecule has 0 spiro atoms. The molecule has 4 N–H and O–H groups in total. The first-order valence-electron chi connectivity index (χ1n) is 5.42. The van der Waals surface area contributed by atoms with Gasteiger partial charge in [0.05, 0.1) is 6.10 Å². The van der Waals surface area contributed by atoms with E-state index in [0.29, 0.717) is 6.54 Å². The predicted molar refractivity (Wildman–Crippen MR) is 65.0 cm³/mol. The summed E-state index contributed by atoms with van der Waals surface area (Å²) in [6.07, 6.45) is 1.54. The molecule has 0 fully saturated rings. The SMILES string of the molecule is CCCC(O)CNc1cccc(N)c1C. The maximum absolute atomic E-state index is 9.58. The summed E-state index contributed by atoms with van der Waals surface area (Å²) >= 11 is 0. The summed E-state index contributed by atoms with van der Waals surface area (Å²) in [5.74, 6) is 0. The maximum Gasteiger partial charge on any atom is 0.0712 e. The normalized spacial score (nSPS) is 12.5. The van der Waals surface area contributed by atoms with Gasteiger partial charge in [-0.1, -0.05) is 19.4 Å². The van der Waals surface area contributed by atoms with Crippen molar-refractivity contribution in [2.45, 2.75) is 32.8 Å². The first kappa shape index (κ1) is 11.9. The van der Waals surface area contributed by atoms with E-state index in [9.17, 15) is 5.11 Å². The molecule has 84 valence electrons. The standard InChI is InChI=1S/C12H20N2O/c1-3-5-10(15)8-14-12-7-4-6-11(13)9(12)2/h4,6-7,10,14-15H,3,5,8,13H2,1-2H3. The number of rotatable bonds is 5. The summed E-state index contributed by atoms with van der Waals surface area (Å²) < 4.78 is 0. The number of aliphatic hydroxyl groups excluding tert-OH is 1. The summed E-state index contributed by atoms with van der Waals surface area (Å²) in [4.78, 5) is 0. The Morgan fingerprint density at radius 2 is 2.20 bits per heavy atom. The highest BCUT2D eigenvalue weighted by atomic mass is 16.3. The number of nitrogens with two attached hydrogens (primary N) is 1. The second kappa shape index (κ2) is 5.61. The van der Waals surface area contributed by atoms with Gasteiger partial charge in [0.25, 0.3) is 0 Å². The zero-order valence-corrected chi connectivity index (χ0v) is 9.46. The van der Waals surface area contributed by atoms with E-state index in [4.69, 9.17) is 5.73 Å². The van der Waals surface area contributed by atoms with Crippen molar-refractivity contribution in [1.29, 1.82) is 0 Å². The molecular formula is C12H20N2O. The van der Waals surface area contributed by atoms with Crippen molar-refractivity contribution in [2.75, 3.05) is 17.6 Å². The van der Waals surface area contributed by atoms with Gasteiger partial charge < -0.3 is 16.2 Å². The first-order chi connectivity index (χ1) is 7.15. The fourth-order valence-corrected chi connectivity index (χ4v) is 1.51. The van der Waals surface area contributed by atoms with Gasteiger partial charge in [0.1, 0.15) is 0 Å². The van der Waals surface area contributed by atoms with Gasteiger partial charge in [-0.05, 0) is 31.0 Å². The Morgan fingerprint density at radius 3 is 2.87 bits per heavy atom. The monoisotopic (exact) mass is 208 g/mol. The van der Waals surface area contributed by atoms with Crippen LogP contribution in [-0.2, 0) is 0 Å². The molecule has 0 bridgehead atoms. The van der Waals surface area contributed by atoms with E-state index in [1.165, 1.54) is 0 Å². The smallest absolute Gasteiger partial charge is 0.0712 e. The van der Waals surface area contributed by atoms with Crippen LogP contribution in [0.1, 0.15) is 25.3 Å². The number of hydrogen-bond acceptors (Lipinski definition) is 3. The summed E-state index contributed by atoms with van der Waals surface area (Å²) in [6.45, 7) is 4.62. The van der Waals surface area contributed by atoms with Crippen LogP contribution in [0.25, 0.3) is 0 Å². The van der Waals surface area contributed by atoms with Gasteiger partial charge in [-0.2, -0.15) is 0 Å². The third kappa shape index (κ3) is 3.44. The first-order valence-corrected chi connectivity index (χ1v) is 5.42. The van der Waals surface area contributed by atoms with E-state index >= 15 is 0 Å². The van der Waals surface area contributed by atoms with Crippen molar-refractivity contribution >= 4 is 11.4 Å². The third-order valence-electron chi connectivity index (χ3n) is 2.53. The highest BCUT2D eigenvalue weighted by Crippen LogP contribution is 2.20. The average molecular weight is 208 g/mol. The fraction of sp³-hybridized carbons (Fsp3) is 0.500. The highest BCUT2D eigenvalue weighted by molar-refractivity contribution is 5.62. The van der Waals surface area contributed by atoms with Gasteiger partial charge in [-0.25, -0.2) is 0 Å². The van der Waals surface area contributed by atoms with Crippen molar-refractivity contribution in [3.8, 4) is 0 Å². The molecule has 15 heavy (non-hydrogen) atoms. The van der Waals surface area contributed by atoms with Crippen molar-refractivity contribution in [3.63, 3.8) is 0 Å². The number of nitrogen functional groups attached to an aromatic ring is 1. The molecule has 1 aromatic rings. The second-order valence-electron chi connectivity index (χ2n) is 3.84. The van der Waals surface area contributed by atoms with E-state index < -0.39 is 0 Å². The lowest BCUT2D eigenvalue weighted by molar-refractivity contribution is 0.176. The summed E-state index contributed by atoms with van der Waals surface area (Å²) in [5.41, 5.74) is 8.61. The van der Waals surface area contributed by atoms with Gasteiger partial charge in [0.15, 0.2) is 0 Å². The molecule has 0 aliphatic rings. The molecule has 0 amide bonds. The Hall–Kier alpha value is -1.22. The molecule has 1 atom stereocenters. The minimum absolute atomic E-state index is 0.282. The molecule has 1 rings (SSSR count). The van der Waals surface area contributed by atoms with Gasteiger partial charge in [-0.15, -0.1) is 0 Å². The molecular weight excluding hydrogens is 188 g/mol. The van der Waals surface area contributed by atoms with Crippen molar-refractivity contribution in [1.82, 2.24) is 0 Å². The lowest BCUT2D eigenvalue weighted by Gasteiger charge is -2.14. The largest absolute Gasteiger partial charge is 0.398 e. The topological polar surface area (TPSA) is 58.3 Å². The van der Waals surface area contributed by atoms with Crippen LogP contribution < -0.4 is 11.1 Å². The number of anilines is 2. The molecule has 3 heteroatoms. The van der Waals surface area contributed by atoms with Gasteiger partial charge in [0.2, 0.25) is 0 Å². The fourth-order valence-electron chi connectivity index (χ4n) is 1.51. The summed E-state index contributed by atoms with van der Waals surface area (Å²) in [7, 11) is 0. The molecule has 0 saturated heterocycles. The highest BCUT2D eigenvalue weighted by Gasteiger charge is 2.04. The van der Waals surface area contributed by atoms with Crippen LogP contribution in [0.15, 0.2) is 18.2 Å². The van der Waals surface area contributed by atoms with Crippen LogP contribution in [0, 0.1) is 6.92 Å². The van der Waals surface area contributed by atoms with Crippen LogP contribution >= 0.6 is 0 Å². The van der Waals surface area contributed by atoms with E-state index in [0.717, 1.165) is 29.8 Å². The number of nitrogens with one attached hydrogen (secondary N) is 1. The Morgan fingerprint density at radius 1 is 1.47 bits per heavy atom. The minimum Gasteiger partial charge on any atom is -0.398 e. The zero-order chi connectivity index (χ0) is 11.3. The Bertz CT molecular complexity index is 312. The molecule has 3 nitrogen and oxygen atoms in total. The second-order valence-corrected chi connectivity index (χ2v) is 3.84. The summed E-state index contributed by atoms with van der Waals surface area (Å²) in [6, 6.07) is 5.77. The van der Waals surface area contributed by atoms with Gasteiger partial charge in [0, 0.05) is 17.9 Å². The number of benzene rings is 1. The number of hydrogen-bond donors (Lipinski definition) is 3. The number of aliphatic hydroxyl groups is 1.